The molecule has 442 valence electrons. The first-order valence-corrected chi connectivity index (χ1v) is 27.5. The fraction of sp³-hybridized carbons (Fsp3) is 0.642. The summed E-state index contributed by atoms with van der Waals surface area (Å²) in [6.07, 6.45) is 3.08. The van der Waals surface area contributed by atoms with E-state index in [1.54, 1.807) is 0 Å². The molecule has 2 aliphatic rings. The maximum atomic E-state index is 12.5. The van der Waals surface area contributed by atoms with Crippen molar-refractivity contribution in [2.75, 3.05) is 171 Å². The number of thioether (sulfide) groups is 1. The number of rotatable bonds is 48. The summed E-state index contributed by atoms with van der Waals surface area (Å²) in [5.41, 5.74) is 0.801. The number of aliphatic carboxylic acids is 1. The maximum absolute atomic E-state index is 12.5. The molecule has 2 aromatic carbocycles. The highest BCUT2D eigenvalue weighted by molar-refractivity contribution is 8.00. The maximum Gasteiger partial charge on any atom is 0.338 e. The van der Waals surface area contributed by atoms with E-state index in [1.165, 1.54) is 48.5 Å². The normalized spacial score (nSPS) is 15.4. The molecule has 2 fully saturated rings. The summed E-state index contributed by atoms with van der Waals surface area (Å²) < 4.78 is 74.9. The number of hydrogen-bond acceptors (Lipinski definition) is 22. The molecule has 3 amide bonds. The highest BCUT2D eigenvalue weighted by atomic mass is 32.2. The minimum Gasteiger partial charge on any atom is -0.481 e. The number of carbonyl (C=O) groups excluding carboxylic acids is 6. The van der Waals surface area contributed by atoms with Crippen molar-refractivity contribution in [1.82, 2.24) is 16.0 Å². The molecule has 79 heavy (non-hydrogen) atoms. The molecule has 0 radical (unpaired) electrons. The smallest absolute Gasteiger partial charge is 0.338 e. The van der Waals surface area contributed by atoms with E-state index in [4.69, 9.17) is 71.4 Å². The molecular formula is C53H77N3O22S. The van der Waals surface area contributed by atoms with Crippen molar-refractivity contribution in [3.63, 3.8) is 0 Å². The van der Waals surface area contributed by atoms with E-state index < -0.39 is 29.8 Å². The second-order valence-electron chi connectivity index (χ2n) is 17.2. The lowest BCUT2D eigenvalue weighted by atomic mass is 10.0. The van der Waals surface area contributed by atoms with Crippen LogP contribution in [0.15, 0.2) is 48.5 Å². The third-order valence-corrected chi connectivity index (χ3v) is 12.8. The average Bonchev–Trinajstić information content (AvgIpc) is 4.03. The predicted molar refractivity (Wildman–Crippen MR) is 281 cm³/mol. The number of hydrogen-bond donors (Lipinski definition) is 4. The number of carboxylic acid groups (broad SMARTS) is 1. The van der Waals surface area contributed by atoms with Crippen LogP contribution in [0.25, 0.3) is 0 Å². The van der Waals surface area contributed by atoms with E-state index in [2.05, 4.69) is 16.0 Å². The Bertz CT molecular complexity index is 2050. The van der Waals surface area contributed by atoms with Crippen LogP contribution < -0.4 is 16.0 Å². The summed E-state index contributed by atoms with van der Waals surface area (Å²) >= 11 is 1.87. The summed E-state index contributed by atoms with van der Waals surface area (Å²) in [7, 11) is 0. The van der Waals surface area contributed by atoms with Gasteiger partial charge in [0.15, 0.2) is 0 Å². The van der Waals surface area contributed by atoms with Crippen molar-refractivity contribution in [3.05, 3.63) is 70.8 Å². The molecule has 1 unspecified atom stereocenters. The number of esters is 4. The van der Waals surface area contributed by atoms with Crippen LogP contribution in [0.2, 0.25) is 0 Å². The Morgan fingerprint density at radius 3 is 1.14 bits per heavy atom. The molecule has 26 heteroatoms. The van der Waals surface area contributed by atoms with E-state index in [0.29, 0.717) is 124 Å². The Hall–Kier alpha value is -5.52. The van der Waals surface area contributed by atoms with Gasteiger partial charge in [0.2, 0.25) is 5.91 Å². The van der Waals surface area contributed by atoms with Crippen LogP contribution in [0.1, 0.15) is 73.5 Å². The first-order valence-electron chi connectivity index (χ1n) is 26.4. The molecule has 0 aliphatic carbocycles. The molecule has 2 saturated heterocycles. The lowest BCUT2D eigenvalue weighted by Crippen LogP contribution is -2.36. The highest BCUT2D eigenvalue weighted by Crippen LogP contribution is 2.33. The van der Waals surface area contributed by atoms with Gasteiger partial charge < -0.3 is 87.4 Å². The summed E-state index contributed by atoms with van der Waals surface area (Å²) in [5.74, 6) is -2.56. The highest BCUT2D eigenvalue weighted by Gasteiger charge is 2.42. The van der Waals surface area contributed by atoms with Crippen molar-refractivity contribution >= 4 is 53.5 Å². The van der Waals surface area contributed by atoms with Crippen LogP contribution in [0.3, 0.4) is 0 Å². The van der Waals surface area contributed by atoms with Crippen molar-refractivity contribution < 1.29 is 105 Å². The summed E-state index contributed by atoms with van der Waals surface area (Å²) in [6, 6.07) is 11.6. The zero-order chi connectivity index (χ0) is 56.4. The number of carbonyl (C=O) groups is 7. The van der Waals surface area contributed by atoms with E-state index in [9.17, 15) is 33.6 Å². The van der Waals surface area contributed by atoms with Gasteiger partial charge in [-0.2, -0.15) is 11.8 Å². The molecule has 0 saturated carbocycles. The van der Waals surface area contributed by atoms with Crippen molar-refractivity contribution in [3.8, 4) is 0 Å². The van der Waals surface area contributed by atoms with Gasteiger partial charge in [-0.25, -0.2) is 24.0 Å². The third-order valence-electron chi connectivity index (χ3n) is 11.3. The first-order chi connectivity index (χ1) is 38.6. The van der Waals surface area contributed by atoms with E-state index in [1.807, 2.05) is 11.8 Å². The molecule has 3 atom stereocenters. The van der Waals surface area contributed by atoms with Crippen LogP contribution in [0.4, 0.5) is 4.79 Å². The molecule has 2 heterocycles. The van der Waals surface area contributed by atoms with Crippen LogP contribution in [0.5, 0.6) is 0 Å². The molecule has 2 aromatic rings. The van der Waals surface area contributed by atoms with Gasteiger partial charge in [-0.1, -0.05) is 6.42 Å². The fourth-order valence-electron chi connectivity index (χ4n) is 7.22. The van der Waals surface area contributed by atoms with E-state index in [0.717, 1.165) is 25.0 Å². The molecule has 4 N–H and O–H groups in total. The monoisotopic (exact) mass is 1140 g/mol. The Morgan fingerprint density at radius 1 is 0.443 bits per heavy atom. The summed E-state index contributed by atoms with van der Waals surface area (Å²) in [5, 5.41) is 17.7. The molecule has 25 nitrogen and oxygen atoms in total. The Labute approximate surface area is 464 Å². The van der Waals surface area contributed by atoms with Crippen LogP contribution in [-0.4, -0.2) is 235 Å². The van der Waals surface area contributed by atoms with Gasteiger partial charge in [0, 0.05) is 24.0 Å². The van der Waals surface area contributed by atoms with Gasteiger partial charge in [0.25, 0.3) is 0 Å². The second kappa shape index (κ2) is 42.4. The number of fused-ring (bicyclic) bond motifs is 1. The standard InChI is InChI=1S/C53H77N3O22S/c57-46(4-2-1-3-45-48-44(39-79-45)55-53(64)56-48)54-14-16-66-18-20-73-33-35-75-49(60)40-5-9-42(10-6-40)51(62)77-37-38-78-52(63)43-11-7-41(8-12-43)50(61)76-36-34-74-32-31-72-30-29-71-28-27-70-26-25-69-24-23-68-22-21-67-19-17-65-15-13-47(58)59/h5-12,44-45,48H,1-4,13-39H2,(H,54,57)(H,58,59)(H2,55,56,64)/t44-,45?,48-/m1/s1. The molecule has 0 aromatic heterocycles. The molecule has 0 spiro atoms. The van der Waals surface area contributed by atoms with Gasteiger partial charge in [0.05, 0.1) is 173 Å². The van der Waals surface area contributed by atoms with Crippen molar-refractivity contribution in [2.45, 2.75) is 49.4 Å². The average molecular weight is 1140 g/mol. The number of urea groups is 1. The fourth-order valence-corrected chi connectivity index (χ4v) is 8.77. The van der Waals surface area contributed by atoms with Crippen molar-refractivity contribution in [2.24, 2.45) is 0 Å². The lowest BCUT2D eigenvalue weighted by Gasteiger charge is -2.16. The second-order valence-corrected chi connectivity index (χ2v) is 18.5. The number of unbranched alkanes of at least 4 members (excludes halogenated alkanes) is 1. The van der Waals surface area contributed by atoms with E-state index >= 15 is 0 Å². The van der Waals surface area contributed by atoms with Gasteiger partial charge in [0.1, 0.15) is 26.4 Å². The lowest BCUT2D eigenvalue weighted by molar-refractivity contribution is -0.138. The number of benzene rings is 2. The molecular weight excluding hydrogens is 1060 g/mol. The topological polar surface area (TPSA) is 305 Å². The van der Waals surface area contributed by atoms with Gasteiger partial charge in [-0.05, 0) is 61.4 Å². The summed E-state index contributed by atoms with van der Waals surface area (Å²) in [4.78, 5) is 83.9. The number of nitrogens with one attached hydrogen (secondary N) is 3. The zero-order valence-corrected chi connectivity index (χ0v) is 45.5. The third kappa shape index (κ3) is 30.6. The predicted octanol–water partition coefficient (Wildman–Crippen LogP) is 2.50. The Kier molecular flexibility index (Phi) is 35.4. The minimum atomic E-state index is -0.895. The van der Waals surface area contributed by atoms with Crippen molar-refractivity contribution in [1.29, 1.82) is 0 Å². The molecule has 0 bridgehead atoms. The minimum absolute atomic E-state index is 0.00597. The van der Waals surface area contributed by atoms with Gasteiger partial charge in [-0.15, -0.1) is 0 Å². The van der Waals surface area contributed by atoms with E-state index in [-0.39, 0.29) is 106 Å². The number of carboxylic acids is 1. The summed E-state index contributed by atoms with van der Waals surface area (Å²) in [6.45, 7) is 6.84. The van der Waals surface area contributed by atoms with Crippen LogP contribution in [0, 0.1) is 0 Å². The van der Waals surface area contributed by atoms with Crippen LogP contribution in [-0.2, 0) is 75.9 Å². The first kappa shape index (κ1) is 66.0. The zero-order valence-electron chi connectivity index (χ0n) is 44.7. The quantitative estimate of drug-likeness (QED) is 0.0320. The van der Waals surface area contributed by atoms with Gasteiger partial charge >= 0.3 is 35.9 Å². The number of amides is 3. The Morgan fingerprint density at radius 2 is 0.772 bits per heavy atom. The largest absolute Gasteiger partial charge is 0.481 e. The Balaban J connectivity index is 0.869. The molecule has 2 aliphatic heterocycles. The molecule has 4 rings (SSSR count). The van der Waals surface area contributed by atoms with Crippen LogP contribution >= 0.6 is 11.8 Å². The SMILES string of the molecule is O=C(O)CCOCCOCCOCCOCCOCCOCCOCCOCCOC(=O)c1ccc(C(=O)OCCOC(=O)c2ccc(C(=O)OCCOCCOCCNC(=O)CCCCC3SC[C@H]4NC(=O)N[C@@H]34)cc2)cc1. The van der Waals surface area contributed by atoms with Gasteiger partial charge in [-0.3, -0.25) is 9.59 Å². The number of ether oxygens (including phenoxy) is 14.